The first-order chi connectivity index (χ1) is 4.20. The van der Waals surface area contributed by atoms with Crippen molar-refractivity contribution in [3.05, 3.63) is 18.2 Å². The number of aliphatic hydroxyl groups is 2. The van der Waals surface area contributed by atoms with Crippen molar-refractivity contribution in [3.8, 4) is 0 Å². The van der Waals surface area contributed by atoms with Gasteiger partial charge in [0.2, 0.25) is 0 Å². The summed E-state index contributed by atoms with van der Waals surface area (Å²) < 4.78 is 1.65. The molecule has 0 amide bonds. The third-order valence-corrected chi connectivity index (χ3v) is 0.989. The van der Waals surface area contributed by atoms with E-state index >= 15 is 0 Å². The maximum Gasteiger partial charge on any atom is 0.197 e. The molecule has 0 unspecified atom stereocenters. The molecular weight excluding hydrogens is 120 g/mol. The van der Waals surface area contributed by atoms with Gasteiger partial charge in [0.25, 0.3) is 0 Å². The summed E-state index contributed by atoms with van der Waals surface area (Å²) in [7, 11) is 1.76. The number of imidazole rings is 1. The Morgan fingerprint density at radius 1 is 1.67 bits per heavy atom. The minimum atomic E-state index is -1.45. The molecule has 0 radical (unpaired) electrons. The summed E-state index contributed by atoms with van der Waals surface area (Å²) >= 11 is 0. The number of hydrogen-bond donors (Lipinski definition) is 2. The van der Waals surface area contributed by atoms with Crippen LogP contribution < -0.4 is 0 Å². The summed E-state index contributed by atoms with van der Waals surface area (Å²) in [5.41, 5.74) is 0.275. The maximum atomic E-state index is 8.52. The number of hydrogen-bond acceptors (Lipinski definition) is 3. The number of aromatic nitrogens is 2. The van der Waals surface area contributed by atoms with E-state index in [-0.39, 0.29) is 5.69 Å². The van der Waals surface area contributed by atoms with Gasteiger partial charge in [-0.3, -0.25) is 0 Å². The Bertz CT molecular complexity index is 195. The van der Waals surface area contributed by atoms with E-state index < -0.39 is 6.29 Å². The highest BCUT2D eigenvalue weighted by Crippen LogP contribution is 2.03. The molecule has 1 heterocycles. The monoisotopic (exact) mass is 128 g/mol. The molecule has 0 aliphatic carbocycles. The largest absolute Gasteiger partial charge is 0.363 e. The predicted octanol–water partition coefficient (Wildman–Crippen LogP) is -0.597. The van der Waals surface area contributed by atoms with E-state index in [1.807, 2.05) is 0 Å². The van der Waals surface area contributed by atoms with Gasteiger partial charge >= 0.3 is 0 Å². The quantitative estimate of drug-likeness (QED) is 0.497. The van der Waals surface area contributed by atoms with E-state index in [4.69, 9.17) is 10.2 Å². The predicted molar refractivity (Wildman–Crippen MR) is 30.4 cm³/mol. The van der Waals surface area contributed by atoms with Gasteiger partial charge in [-0.15, -0.1) is 0 Å². The second-order valence-corrected chi connectivity index (χ2v) is 1.84. The Balaban J connectivity index is 2.85. The third-order valence-electron chi connectivity index (χ3n) is 0.989. The van der Waals surface area contributed by atoms with Gasteiger partial charge in [0.05, 0.1) is 6.33 Å². The lowest BCUT2D eigenvalue weighted by molar-refractivity contribution is -0.0456. The van der Waals surface area contributed by atoms with E-state index in [2.05, 4.69) is 4.98 Å². The van der Waals surface area contributed by atoms with E-state index in [1.54, 1.807) is 17.8 Å². The van der Waals surface area contributed by atoms with Gasteiger partial charge in [-0.05, 0) is 0 Å². The van der Waals surface area contributed by atoms with Crippen molar-refractivity contribution >= 4 is 0 Å². The molecule has 50 valence electrons. The second kappa shape index (κ2) is 2.16. The van der Waals surface area contributed by atoms with Crippen LogP contribution in [0.4, 0.5) is 0 Å². The molecule has 2 N–H and O–H groups in total. The van der Waals surface area contributed by atoms with Gasteiger partial charge in [-0.2, -0.15) is 0 Å². The molecule has 0 saturated heterocycles. The van der Waals surface area contributed by atoms with Crippen LogP contribution in [0.25, 0.3) is 0 Å². The molecule has 0 aliphatic heterocycles. The van der Waals surface area contributed by atoms with Crippen molar-refractivity contribution in [2.24, 2.45) is 7.05 Å². The van der Waals surface area contributed by atoms with E-state index in [9.17, 15) is 0 Å². The Kier molecular flexibility index (Phi) is 1.50. The summed E-state index contributed by atoms with van der Waals surface area (Å²) in [6, 6.07) is 0. The van der Waals surface area contributed by atoms with E-state index in [0.29, 0.717) is 0 Å². The first kappa shape index (κ1) is 6.25. The van der Waals surface area contributed by atoms with Crippen molar-refractivity contribution in [2.75, 3.05) is 0 Å². The summed E-state index contributed by atoms with van der Waals surface area (Å²) in [6.45, 7) is 0. The second-order valence-electron chi connectivity index (χ2n) is 1.84. The van der Waals surface area contributed by atoms with E-state index in [0.717, 1.165) is 0 Å². The fourth-order valence-electron chi connectivity index (χ4n) is 0.566. The van der Waals surface area contributed by atoms with Gasteiger partial charge < -0.3 is 14.8 Å². The number of aliphatic hydroxyl groups excluding tert-OH is 1. The first-order valence-electron chi connectivity index (χ1n) is 2.54. The Morgan fingerprint density at radius 3 is 2.56 bits per heavy atom. The molecule has 0 aromatic carbocycles. The molecule has 4 heteroatoms. The van der Waals surface area contributed by atoms with Crippen LogP contribution in [0.3, 0.4) is 0 Å². The average molecular weight is 128 g/mol. The van der Waals surface area contributed by atoms with Gasteiger partial charge in [0.1, 0.15) is 5.69 Å². The molecule has 1 rings (SSSR count). The van der Waals surface area contributed by atoms with Gasteiger partial charge in [-0.25, -0.2) is 4.98 Å². The summed E-state index contributed by atoms with van der Waals surface area (Å²) in [6.07, 6.45) is 1.60. The molecule has 0 fully saturated rings. The summed E-state index contributed by atoms with van der Waals surface area (Å²) in [5.74, 6) is 0. The lowest BCUT2D eigenvalue weighted by Crippen LogP contribution is -1.93. The number of rotatable bonds is 1. The van der Waals surface area contributed by atoms with Crippen LogP contribution in [0.1, 0.15) is 12.0 Å². The molecule has 1 aromatic heterocycles. The summed E-state index contributed by atoms with van der Waals surface area (Å²) in [4.78, 5) is 3.68. The molecule has 0 spiro atoms. The highest BCUT2D eigenvalue weighted by Gasteiger charge is 2.03. The normalized spacial score (nSPS) is 10.7. The van der Waals surface area contributed by atoms with Crippen molar-refractivity contribution < 1.29 is 10.2 Å². The van der Waals surface area contributed by atoms with Crippen LogP contribution in [0.2, 0.25) is 0 Å². The molecular formula is C5H8N2O2. The lowest BCUT2D eigenvalue weighted by Gasteiger charge is -1.93. The topological polar surface area (TPSA) is 58.3 Å². The van der Waals surface area contributed by atoms with Crippen LogP contribution in [-0.4, -0.2) is 19.8 Å². The lowest BCUT2D eigenvalue weighted by atomic mass is 10.5. The average Bonchev–Trinajstić information content (AvgIpc) is 2.14. The van der Waals surface area contributed by atoms with Gasteiger partial charge in [-0.1, -0.05) is 0 Å². The van der Waals surface area contributed by atoms with Crippen molar-refractivity contribution in [1.82, 2.24) is 9.55 Å². The SMILES string of the molecule is Cn1cnc(C(O)O)c1. The van der Waals surface area contributed by atoms with Gasteiger partial charge in [0, 0.05) is 13.2 Å². The van der Waals surface area contributed by atoms with Crippen LogP contribution in [0.15, 0.2) is 12.5 Å². The van der Waals surface area contributed by atoms with Crippen LogP contribution >= 0.6 is 0 Å². The molecule has 9 heavy (non-hydrogen) atoms. The molecule has 0 aliphatic rings. The number of nitrogens with zero attached hydrogens (tertiary/aromatic N) is 2. The molecule has 0 saturated carbocycles. The van der Waals surface area contributed by atoms with E-state index in [1.165, 1.54) is 6.33 Å². The Morgan fingerprint density at radius 2 is 2.33 bits per heavy atom. The van der Waals surface area contributed by atoms with Crippen molar-refractivity contribution in [2.45, 2.75) is 6.29 Å². The minimum absolute atomic E-state index is 0.275. The zero-order valence-electron chi connectivity index (χ0n) is 5.02. The van der Waals surface area contributed by atoms with Crippen molar-refractivity contribution in [3.63, 3.8) is 0 Å². The van der Waals surface area contributed by atoms with Gasteiger partial charge in [0.15, 0.2) is 6.29 Å². The maximum absolute atomic E-state index is 8.52. The Hall–Kier alpha value is -0.870. The summed E-state index contributed by atoms with van der Waals surface area (Å²) in [5, 5.41) is 17.0. The van der Waals surface area contributed by atoms with Crippen LogP contribution in [0, 0.1) is 0 Å². The van der Waals surface area contributed by atoms with Crippen LogP contribution in [-0.2, 0) is 7.05 Å². The van der Waals surface area contributed by atoms with Crippen molar-refractivity contribution in [1.29, 1.82) is 0 Å². The third kappa shape index (κ3) is 1.28. The molecule has 1 aromatic rings. The standard InChI is InChI=1S/C5H8N2O2/c1-7-2-4(5(8)9)6-3-7/h2-3,5,8-9H,1H3. The fraction of sp³-hybridized carbons (Fsp3) is 0.400. The zero-order chi connectivity index (χ0) is 6.85. The molecule has 0 bridgehead atoms. The van der Waals surface area contributed by atoms with Crippen LogP contribution in [0.5, 0.6) is 0 Å². The first-order valence-corrected chi connectivity index (χ1v) is 2.54. The molecule has 4 nitrogen and oxygen atoms in total. The highest BCUT2D eigenvalue weighted by atomic mass is 16.5. The number of aryl methyl sites for hydroxylation is 1. The zero-order valence-corrected chi connectivity index (χ0v) is 5.02. The fourth-order valence-corrected chi connectivity index (χ4v) is 0.566. The molecule has 0 atom stereocenters. The smallest absolute Gasteiger partial charge is 0.197 e. The highest BCUT2D eigenvalue weighted by molar-refractivity contribution is 4.96. The minimum Gasteiger partial charge on any atom is -0.363 e. The Labute approximate surface area is 52.4 Å².